The molecule has 0 aliphatic heterocycles. The first kappa shape index (κ1) is 14.1. The first-order valence-corrected chi connectivity index (χ1v) is 7.58. The number of benzene rings is 2. The van der Waals surface area contributed by atoms with E-state index >= 15 is 0 Å². The third-order valence-corrected chi connectivity index (χ3v) is 4.29. The van der Waals surface area contributed by atoms with Crippen molar-refractivity contribution in [2.24, 2.45) is 5.84 Å². The van der Waals surface area contributed by atoms with Gasteiger partial charge in [0, 0.05) is 16.0 Å². The summed E-state index contributed by atoms with van der Waals surface area (Å²) in [7, 11) is 0. The Hall–Kier alpha value is -1.82. The first-order chi connectivity index (χ1) is 10.3. The third-order valence-electron chi connectivity index (χ3n) is 3.20. The number of para-hydroxylation sites is 1. The van der Waals surface area contributed by atoms with Gasteiger partial charge in [-0.2, -0.15) is 0 Å². The van der Waals surface area contributed by atoms with Crippen LogP contribution >= 0.6 is 11.8 Å². The Morgan fingerprint density at radius 1 is 1.14 bits per heavy atom. The van der Waals surface area contributed by atoms with E-state index in [4.69, 9.17) is 10.3 Å². The van der Waals surface area contributed by atoms with Crippen LogP contribution in [-0.2, 0) is 0 Å². The van der Waals surface area contributed by atoms with Gasteiger partial charge in [0.15, 0.2) is 0 Å². The minimum absolute atomic E-state index is 0.134. The van der Waals surface area contributed by atoms with Crippen molar-refractivity contribution in [3.05, 3.63) is 66.2 Å². The maximum atomic E-state index is 13.2. The maximum absolute atomic E-state index is 13.2. The molecule has 3 aromatic rings. The van der Waals surface area contributed by atoms with Gasteiger partial charge in [0.1, 0.15) is 17.2 Å². The number of rotatable bonds is 5. The molecule has 0 bridgehead atoms. The quantitative estimate of drug-likeness (QED) is 0.427. The number of nitrogens with two attached hydrogens (primary N) is 1. The van der Waals surface area contributed by atoms with Gasteiger partial charge in [0.2, 0.25) is 0 Å². The highest BCUT2D eigenvalue weighted by molar-refractivity contribution is 7.99. The molecule has 0 saturated heterocycles. The number of fused-ring (bicyclic) bond motifs is 1. The summed E-state index contributed by atoms with van der Waals surface area (Å²) in [4.78, 5) is 0.867. The van der Waals surface area contributed by atoms with Gasteiger partial charge in [0.05, 0.1) is 6.04 Å². The molecule has 0 saturated carbocycles. The van der Waals surface area contributed by atoms with Gasteiger partial charge in [-0.25, -0.2) is 9.82 Å². The van der Waals surface area contributed by atoms with Crippen molar-refractivity contribution in [2.45, 2.75) is 10.9 Å². The van der Waals surface area contributed by atoms with Crippen LogP contribution < -0.4 is 11.3 Å². The molecule has 0 spiro atoms. The number of furan rings is 1. The van der Waals surface area contributed by atoms with E-state index in [-0.39, 0.29) is 11.9 Å². The number of nitrogens with one attached hydrogen (secondary N) is 1. The topological polar surface area (TPSA) is 51.2 Å². The molecule has 1 unspecified atom stereocenters. The summed E-state index contributed by atoms with van der Waals surface area (Å²) in [5.41, 5.74) is 3.59. The summed E-state index contributed by atoms with van der Waals surface area (Å²) < 4.78 is 19.0. The van der Waals surface area contributed by atoms with E-state index in [1.807, 2.05) is 36.4 Å². The van der Waals surface area contributed by atoms with Crippen LogP contribution in [-0.4, -0.2) is 5.75 Å². The Balaban J connectivity index is 1.75. The molecule has 1 aromatic heterocycles. The van der Waals surface area contributed by atoms with E-state index in [2.05, 4.69) is 5.43 Å². The largest absolute Gasteiger partial charge is 0.459 e. The number of thioether (sulfide) groups is 1. The summed E-state index contributed by atoms with van der Waals surface area (Å²) in [5.74, 6) is 6.82. The van der Waals surface area contributed by atoms with Crippen LogP contribution in [0.3, 0.4) is 0 Å². The van der Waals surface area contributed by atoms with Crippen molar-refractivity contribution in [3.8, 4) is 0 Å². The van der Waals surface area contributed by atoms with Crippen LogP contribution in [0.1, 0.15) is 11.8 Å². The number of halogens is 1. The number of hydrogen-bond acceptors (Lipinski definition) is 4. The highest BCUT2D eigenvalue weighted by atomic mass is 32.2. The Morgan fingerprint density at radius 3 is 2.76 bits per heavy atom. The predicted octanol–water partition coefficient (Wildman–Crippen LogP) is 3.87. The molecule has 0 amide bonds. The lowest BCUT2D eigenvalue weighted by molar-refractivity contribution is 0.464. The van der Waals surface area contributed by atoms with Crippen molar-refractivity contribution >= 4 is 22.7 Å². The van der Waals surface area contributed by atoms with E-state index < -0.39 is 0 Å². The highest BCUT2D eigenvalue weighted by Gasteiger charge is 2.15. The van der Waals surface area contributed by atoms with Crippen LogP contribution in [0.5, 0.6) is 0 Å². The van der Waals surface area contributed by atoms with E-state index in [0.29, 0.717) is 5.75 Å². The molecule has 5 heteroatoms. The van der Waals surface area contributed by atoms with Crippen molar-refractivity contribution in [1.29, 1.82) is 0 Å². The summed E-state index contributed by atoms with van der Waals surface area (Å²) in [6, 6.07) is 16.2. The molecule has 0 aliphatic rings. The maximum Gasteiger partial charge on any atom is 0.134 e. The van der Waals surface area contributed by atoms with E-state index in [9.17, 15) is 4.39 Å². The smallest absolute Gasteiger partial charge is 0.134 e. The molecule has 21 heavy (non-hydrogen) atoms. The molecule has 1 heterocycles. The number of hydrogen-bond donors (Lipinski definition) is 2. The summed E-state index contributed by atoms with van der Waals surface area (Å²) in [5, 5.41) is 1.04. The Labute approximate surface area is 126 Å². The van der Waals surface area contributed by atoms with Gasteiger partial charge in [-0.3, -0.25) is 5.84 Å². The lowest BCUT2D eigenvalue weighted by Gasteiger charge is -2.12. The standard InChI is InChI=1S/C16H15FN2OS/c17-12-5-3-6-13(9-12)21-10-14(19-18)16-8-11-4-1-2-7-15(11)20-16/h1-9,14,19H,10,18H2. The lowest BCUT2D eigenvalue weighted by atomic mass is 10.2. The van der Waals surface area contributed by atoms with Gasteiger partial charge < -0.3 is 4.42 Å². The zero-order valence-electron chi connectivity index (χ0n) is 11.3. The zero-order valence-corrected chi connectivity index (χ0v) is 12.1. The highest BCUT2D eigenvalue weighted by Crippen LogP contribution is 2.28. The summed E-state index contributed by atoms with van der Waals surface area (Å²) >= 11 is 1.53. The van der Waals surface area contributed by atoms with Crippen molar-refractivity contribution in [1.82, 2.24) is 5.43 Å². The van der Waals surface area contributed by atoms with Crippen LogP contribution in [0.15, 0.2) is 63.9 Å². The summed E-state index contributed by atoms with van der Waals surface area (Å²) in [6.07, 6.45) is 0. The minimum atomic E-state index is -0.235. The van der Waals surface area contributed by atoms with Crippen LogP contribution in [0.25, 0.3) is 11.0 Å². The fourth-order valence-corrected chi connectivity index (χ4v) is 3.11. The SMILES string of the molecule is NNC(CSc1cccc(F)c1)c1cc2ccccc2o1. The van der Waals surface area contributed by atoms with Crippen LogP contribution in [0.2, 0.25) is 0 Å². The van der Waals surface area contributed by atoms with Crippen LogP contribution in [0, 0.1) is 5.82 Å². The first-order valence-electron chi connectivity index (χ1n) is 6.59. The molecule has 0 fully saturated rings. The van der Waals surface area contributed by atoms with Crippen molar-refractivity contribution < 1.29 is 8.81 Å². The molecular formula is C16H15FN2OS. The van der Waals surface area contributed by atoms with Crippen LogP contribution in [0.4, 0.5) is 4.39 Å². The Bertz CT molecular complexity index is 711. The minimum Gasteiger partial charge on any atom is -0.459 e. The van der Waals surface area contributed by atoms with Gasteiger partial charge >= 0.3 is 0 Å². The second-order valence-electron chi connectivity index (χ2n) is 4.67. The summed E-state index contributed by atoms with van der Waals surface area (Å²) in [6.45, 7) is 0. The third kappa shape index (κ3) is 3.26. The predicted molar refractivity (Wildman–Crippen MR) is 83.4 cm³/mol. The molecule has 3 N–H and O–H groups in total. The van der Waals surface area contributed by atoms with Gasteiger partial charge in [0.25, 0.3) is 0 Å². The molecule has 0 radical (unpaired) electrons. The molecule has 3 nitrogen and oxygen atoms in total. The zero-order chi connectivity index (χ0) is 14.7. The lowest BCUT2D eigenvalue weighted by Crippen LogP contribution is -2.29. The van der Waals surface area contributed by atoms with Gasteiger partial charge in [-0.15, -0.1) is 11.8 Å². The average Bonchev–Trinajstić information content (AvgIpc) is 2.91. The molecule has 3 rings (SSSR count). The molecule has 2 aromatic carbocycles. The van der Waals surface area contributed by atoms with E-state index in [1.165, 1.54) is 23.9 Å². The monoisotopic (exact) mass is 302 g/mol. The van der Waals surface area contributed by atoms with Gasteiger partial charge in [-0.1, -0.05) is 24.3 Å². The van der Waals surface area contributed by atoms with Crippen molar-refractivity contribution in [2.75, 3.05) is 5.75 Å². The molecule has 1 atom stereocenters. The van der Waals surface area contributed by atoms with Crippen molar-refractivity contribution in [3.63, 3.8) is 0 Å². The fraction of sp³-hybridized carbons (Fsp3) is 0.125. The van der Waals surface area contributed by atoms with E-state index in [1.54, 1.807) is 6.07 Å². The molecular weight excluding hydrogens is 287 g/mol. The molecule has 108 valence electrons. The average molecular weight is 302 g/mol. The van der Waals surface area contributed by atoms with Gasteiger partial charge in [-0.05, 0) is 30.3 Å². The van der Waals surface area contributed by atoms with E-state index in [0.717, 1.165) is 21.6 Å². The normalized spacial score (nSPS) is 12.7. The second kappa shape index (κ2) is 6.30. The molecule has 0 aliphatic carbocycles. The second-order valence-corrected chi connectivity index (χ2v) is 5.77. The Kier molecular flexibility index (Phi) is 4.24. The Morgan fingerprint density at radius 2 is 2.00 bits per heavy atom. The fourth-order valence-electron chi connectivity index (χ4n) is 2.12. The number of hydrazine groups is 1.